The number of halogens is 4. The van der Waals surface area contributed by atoms with E-state index in [9.17, 15) is 31.9 Å². The smallest absolute Gasteiger partial charge is 0.444 e. The molecule has 2 aromatic rings. The normalized spacial score (nSPS) is 16.6. The number of para-hydroxylation sites is 2. The van der Waals surface area contributed by atoms with E-state index >= 15 is 0 Å². The Morgan fingerprint density at radius 3 is 2.38 bits per heavy atom. The summed E-state index contributed by atoms with van der Waals surface area (Å²) in [6.45, 7) is 8.24. The molecule has 0 saturated carbocycles. The molecule has 0 bridgehead atoms. The Bertz CT molecular complexity index is 1240. The molecule has 0 aliphatic carbocycles. The number of fused-ring (bicyclic) bond motifs is 1. The van der Waals surface area contributed by atoms with Crippen molar-refractivity contribution < 1.29 is 41.4 Å². The number of amides is 3. The molecule has 1 aliphatic rings. The van der Waals surface area contributed by atoms with Crippen LogP contribution in [-0.2, 0) is 27.2 Å². The van der Waals surface area contributed by atoms with Crippen LogP contribution in [0.25, 0.3) is 0 Å². The summed E-state index contributed by atoms with van der Waals surface area (Å²) in [5.41, 5.74) is -0.198. The average Bonchev–Trinajstić information content (AvgIpc) is 2.95. The number of alkyl halides is 3. The van der Waals surface area contributed by atoms with Crippen molar-refractivity contribution in [3.8, 4) is 5.75 Å². The van der Waals surface area contributed by atoms with Crippen molar-refractivity contribution in [2.45, 2.75) is 84.0 Å². The van der Waals surface area contributed by atoms with E-state index in [1.807, 2.05) is 0 Å². The third-order valence-electron chi connectivity index (χ3n) is 6.01. The number of alkyl carbamates (subject to hydrolysis) is 1. The molecule has 40 heavy (non-hydrogen) atoms. The Balaban J connectivity index is 1.90. The topological polar surface area (TPSA) is 97.0 Å². The molecule has 12 heteroatoms. The van der Waals surface area contributed by atoms with Crippen LogP contribution in [0.5, 0.6) is 5.75 Å². The zero-order valence-electron chi connectivity index (χ0n) is 22.9. The summed E-state index contributed by atoms with van der Waals surface area (Å²) in [6.07, 6.45) is -5.95. The van der Waals surface area contributed by atoms with Crippen molar-refractivity contribution in [2.24, 2.45) is 0 Å². The monoisotopic (exact) mass is 567 g/mol. The molecule has 1 aliphatic heterocycles. The van der Waals surface area contributed by atoms with Crippen LogP contribution in [0.1, 0.15) is 52.2 Å². The van der Waals surface area contributed by atoms with E-state index in [4.69, 9.17) is 4.74 Å². The SMILES string of the molecule is CC(C)N1C(=O)[C@@H](NC(=O)[C@@H](Cc2ccccc2OC(F)(F)F)NC(=O)OC(C)(C)C)CCc2cccc(F)c21. The van der Waals surface area contributed by atoms with Gasteiger partial charge in [-0.15, -0.1) is 13.2 Å². The van der Waals surface area contributed by atoms with Crippen LogP contribution in [0.3, 0.4) is 0 Å². The summed E-state index contributed by atoms with van der Waals surface area (Å²) in [4.78, 5) is 40.9. The average molecular weight is 568 g/mol. The third kappa shape index (κ3) is 8.09. The quantitative estimate of drug-likeness (QED) is 0.458. The van der Waals surface area contributed by atoms with E-state index in [1.165, 1.54) is 35.2 Å². The molecule has 3 amide bonds. The van der Waals surface area contributed by atoms with E-state index in [0.29, 0.717) is 5.56 Å². The first kappa shape index (κ1) is 30.7. The molecule has 0 spiro atoms. The molecule has 3 rings (SSSR count). The van der Waals surface area contributed by atoms with E-state index in [0.717, 1.165) is 6.07 Å². The fourth-order valence-corrected chi connectivity index (χ4v) is 4.43. The van der Waals surface area contributed by atoms with E-state index < -0.39 is 66.0 Å². The van der Waals surface area contributed by atoms with Crippen LogP contribution < -0.4 is 20.3 Å². The summed E-state index contributed by atoms with van der Waals surface area (Å²) in [7, 11) is 0. The number of anilines is 1. The van der Waals surface area contributed by atoms with Crippen molar-refractivity contribution in [3.63, 3.8) is 0 Å². The van der Waals surface area contributed by atoms with Gasteiger partial charge in [-0.05, 0) is 70.7 Å². The molecule has 0 aromatic heterocycles. The van der Waals surface area contributed by atoms with Crippen molar-refractivity contribution in [2.75, 3.05) is 4.90 Å². The van der Waals surface area contributed by atoms with Gasteiger partial charge in [0.2, 0.25) is 11.8 Å². The summed E-state index contributed by atoms with van der Waals surface area (Å²) in [6, 6.07) is 6.74. The Labute approximate surface area is 230 Å². The number of hydrogen-bond donors (Lipinski definition) is 2. The highest BCUT2D eigenvalue weighted by Gasteiger charge is 2.37. The van der Waals surface area contributed by atoms with Gasteiger partial charge in [0, 0.05) is 12.5 Å². The molecule has 1 heterocycles. The predicted octanol–water partition coefficient (Wildman–Crippen LogP) is 5.03. The van der Waals surface area contributed by atoms with E-state index in [1.54, 1.807) is 40.7 Å². The predicted molar refractivity (Wildman–Crippen MR) is 139 cm³/mol. The molecule has 8 nitrogen and oxygen atoms in total. The summed E-state index contributed by atoms with van der Waals surface area (Å²) < 4.78 is 63.1. The van der Waals surface area contributed by atoms with Crippen molar-refractivity contribution in [1.29, 1.82) is 0 Å². The van der Waals surface area contributed by atoms with Gasteiger partial charge in [0.15, 0.2) is 0 Å². The van der Waals surface area contributed by atoms with Gasteiger partial charge in [-0.25, -0.2) is 9.18 Å². The van der Waals surface area contributed by atoms with Crippen molar-refractivity contribution >= 4 is 23.6 Å². The van der Waals surface area contributed by atoms with Crippen LogP contribution in [0, 0.1) is 5.82 Å². The van der Waals surface area contributed by atoms with E-state index in [2.05, 4.69) is 15.4 Å². The first-order valence-electron chi connectivity index (χ1n) is 12.8. The lowest BCUT2D eigenvalue weighted by Gasteiger charge is -2.30. The number of nitrogens with one attached hydrogen (secondary N) is 2. The zero-order chi connectivity index (χ0) is 29.8. The van der Waals surface area contributed by atoms with Gasteiger partial charge in [-0.2, -0.15) is 0 Å². The maximum atomic E-state index is 14.8. The molecule has 2 atom stereocenters. The first-order valence-corrected chi connectivity index (χ1v) is 12.8. The van der Waals surface area contributed by atoms with Gasteiger partial charge in [0.05, 0.1) is 5.69 Å². The number of benzene rings is 2. The lowest BCUT2D eigenvalue weighted by Crippen LogP contribution is -2.56. The number of aryl methyl sites for hydroxylation is 1. The molecule has 2 aromatic carbocycles. The van der Waals surface area contributed by atoms with Gasteiger partial charge in [-0.1, -0.05) is 30.3 Å². The van der Waals surface area contributed by atoms with Crippen LogP contribution in [0.15, 0.2) is 42.5 Å². The summed E-state index contributed by atoms with van der Waals surface area (Å²) in [5.74, 6) is -2.50. The van der Waals surface area contributed by atoms with Crippen molar-refractivity contribution in [3.05, 3.63) is 59.4 Å². The maximum absolute atomic E-state index is 14.8. The standard InChI is InChI=1S/C28H33F4N3O5/c1-16(2)35-23-17(10-8-11-19(23)29)13-14-20(25(35)37)33-24(36)21(34-26(38)40-27(3,4)5)15-18-9-6-7-12-22(18)39-28(30,31)32/h6-12,16,20-21H,13-15H2,1-5H3,(H,33,36)(H,34,38)/t20-,21+/m0/s1. The minimum Gasteiger partial charge on any atom is -0.444 e. The number of rotatable bonds is 7. The largest absolute Gasteiger partial charge is 0.573 e. The fourth-order valence-electron chi connectivity index (χ4n) is 4.43. The third-order valence-corrected chi connectivity index (χ3v) is 6.01. The lowest BCUT2D eigenvalue weighted by molar-refractivity contribution is -0.274. The van der Waals surface area contributed by atoms with E-state index in [-0.39, 0.29) is 24.1 Å². The Hall–Kier alpha value is -3.83. The minimum atomic E-state index is -4.98. The number of ether oxygens (including phenoxy) is 2. The fraction of sp³-hybridized carbons (Fsp3) is 0.464. The second-order valence-corrected chi connectivity index (χ2v) is 10.7. The van der Waals surface area contributed by atoms with Crippen LogP contribution in [0.4, 0.5) is 28.0 Å². The number of carbonyl (C=O) groups is 3. The summed E-state index contributed by atoms with van der Waals surface area (Å²) in [5, 5.41) is 5.02. The maximum Gasteiger partial charge on any atom is 0.573 e. The molecular weight excluding hydrogens is 534 g/mol. The highest BCUT2D eigenvalue weighted by Crippen LogP contribution is 2.32. The van der Waals surface area contributed by atoms with Gasteiger partial charge >= 0.3 is 12.5 Å². The first-order chi connectivity index (χ1) is 18.6. The minimum absolute atomic E-state index is 0.0125. The Kier molecular flexibility index (Phi) is 9.32. The second-order valence-electron chi connectivity index (χ2n) is 10.7. The molecule has 2 N–H and O–H groups in total. The van der Waals surface area contributed by atoms with Gasteiger partial charge in [0.25, 0.3) is 0 Å². The number of nitrogens with zero attached hydrogens (tertiary/aromatic N) is 1. The molecule has 0 radical (unpaired) electrons. The summed E-state index contributed by atoms with van der Waals surface area (Å²) >= 11 is 0. The molecule has 218 valence electrons. The number of carbonyl (C=O) groups excluding carboxylic acids is 3. The highest BCUT2D eigenvalue weighted by atomic mass is 19.4. The van der Waals surface area contributed by atoms with Gasteiger partial charge in [0.1, 0.15) is 29.3 Å². The lowest BCUT2D eigenvalue weighted by atomic mass is 10.0. The van der Waals surface area contributed by atoms with Gasteiger partial charge < -0.3 is 25.0 Å². The second kappa shape index (κ2) is 12.1. The van der Waals surface area contributed by atoms with Crippen molar-refractivity contribution in [1.82, 2.24) is 10.6 Å². The highest BCUT2D eigenvalue weighted by molar-refractivity contribution is 6.01. The Morgan fingerprint density at radius 2 is 1.75 bits per heavy atom. The van der Waals surface area contributed by atoms with Crippen LogP contribution in [0.2, 0.25) is 0 Å². The van der Waals surface area contributed by atoms with Gasteiger partial charge in [-0.3, -0.25) is 9.59 Å². The molecule has 0 fully saturated rings. The Morgan fingerprint density at radius 1 is 1.07 bits per heavy atom. The molecule has 0 saturated heterocycles. The molecular formula is C28H33F4N3O5. The van der Waals surface area contributed by atoms with Crippen LogP contribution >= 0.6 is 0 Å². The number of hydrogen-bond acceptors (Lipinski definition) is 5. The molecule has 0 unspecified atom stereocenters. The van der Waals surface area contributed by atoms with Crippen LogP contribution in [-0.4, -0.2) is 48.0 Å². The zero-order valence-corrected chi connectivity index (χ0v) is 22.9.